The molecule has 11 heavy (non-hydrogen) atoms. The Morgan fingerprint density at radius 3 is 2.82 bits per heavy atom. The van der Waals surface area contributed by atoms with Gasteiger partial charge in [-0.15, -0.1) is 0 Å². The first-order valence-electron chi connectivity index (χ1n) is 4.07. The Bertz CT molecular complexity index is 191. The molecule has 1 unspecified atom stereocenters. The van der Waals surface area contributed by atoms with E-state index in [0.717, 1.165) is 0 Å². The van der Waals surface area contributed by atoms with Crippen molar-refractivity contribution >= 4 is 15.9 Å². The van der Waals surface area contributed by atoms with E-state index in [1.807, 2.05) is 0 Å². The third kappa shape index (κ3) is 2.19. The molecule has 1 aliphatic rings. The SMILES string of the molecule is C=C(C)[C@H]1CC=C(C)C(Br)C1. The fourth-order valence-electron chi connectivity index (χ4n) is 1.39. The van der Waals surface area contributed by atoms with Crippen LogP contribution >= 0.6 is 15.9 Å². The van der Waals surface area contributed by atoms with Gasteiger partial charge in [-0.05, 0) is 32.6 Å². The number of alkyl halides is 1. The van der Waals surface area contributed by atoms with E-state index in [9.17, 15) is 0 Å². The van der Waals surface area contributed by atoms with Crippen molar-refractivity contribution < 1.29 is 0 Å². The highest BCUT2D eigenvalue weighted by atomic mass is 79.9. The van der Waals surface area contributed by atoms with Crippen LogP contribution < -0.4 is 0 Å². The van der Waals surface area contributed by atoms with Crippen molar-refractivity contribution in [2.45, 2.75) is 31.5 Å². The van der Waals surface area contributed by atoms with Gasteiger partial charge < -0.3 is 0 Å². The average molecular weight is 215 g/mol. The van der Waals surface area contributed by atoms with Crippen LogP contribution in [0.15, 0.2) is 23.8 Å². The van der Waals surface area contributed by atoms with Crippen molar-refractivity contribution in [3.8, 4) is 0 Å². The quantitative estimate of drug-likeness (QED) is 0.462. The lowest BCUT2D eigenvalue weighted by Gasteiger charge is -2.24. The summed E-state index contributed by atoms with van der Waals surface area (Å²) in [4.78, 5) is 0.581. The maximum atomic E-state index is 3.99. The van der Waals surface area contributed by atoms with Gasteiger partial charge in [0.25, 0.3) is 0 Å². The van der Waals surface area contributed by atoms with E-state index in [2.05, 4.69) is 42.4 Å². The predicted octanol–water partition coefficient (Wildman–Crippen LogP) is 3.68. The Kier molecular flexibility index (Phi) is 2.94. The zero-order chi connectivity index (χ0) is 8.43. The van der Waals surface area contributed by atoms with Crippen molar-refractivity contribution in [2.75, 3.05) is 0 Å². The number of rotatable bonds is 1. The van der Waals surface area contributed by atoms with E-state index in [0.29, 0.717) is 10.7 Å². The third-order valence-corrected chi connectivity index (χ3v) is 3.50. The van der Waals surface area contributed by atoms with Gasteiger partial charge in [0.1, 0.15) is 0 Å². The molecule has 1 rings (SSSR count). The second-order valence-electron chi connectivity index (χ2n) is 3.43. The molecule has 0 aliphatic heterocycles. The van der Waals surface area contributed by atoms with Crippen LogP contribution in [0.25, 0.3) is 0 Å². The minimum Gasteiger partial charge on any atom is -0.0998 e. The lowest BCUT2D eigenvalue weighted by Crippen LogP contribution is -2.14. The van der Waals surface area contributed by atoms with E-state index in [-0.39, 0.29) is 0 Å². The highest BCUT2D eigenvalue weighted by Gasteiger charge is 2.19. The van der Waals surface area contributed by atoms with Crippen LogP contribution in [0.5, 0.6) is 0 Å². The molecular formula is C10H15Br. The number of hydrogen-bond acceptors (Lipinski definition) is 0. The highest BCUT2D eigenvalue weighted by Crippen LogP contribution is 2.32. The first kappa shape index (κ1) is 9.05. The lowest BCUT2D eigenvalue weighted by molar-refractivity contribution is 0.552. The molecule has 0 N–H and O–H groups in total. The van der Waals surface area contributed by atoms with Gasteiger partial charge in [-0.1, -0.05) is 39.7 Å². The average Bonchev–Trinajstić information content (AvgIpc) is 1.94. The fourth-order valence-corrected chi connectivity index (χ4v) is 2.03. The van der Waals surface area contributed by atoms with Gasteiger partial charge in [0.05, 0.1) is 0 Å². The Balaban J connectivity index is 2.62. The van der Waals surface area contributed by atoms with Crippen LogP contribution in [-0.2, 0) is 0 Å². The standard InChI is InChI=1S/C10H15Br/c1-7(2)9-5-4-8(3)10(11)6-9/h4,9-10H,1,5-6H2,2-3H3/t9-,10?/m0/s1. The van der Waals surface area contributed by atoms with Gasteiger partial charge in [-0.3, -0.25) is 0 Å². The number of hydrogen-bond donors (Lipinski definition) is 0. The minimum absolute atomic E-state index is 0.581. The maximum absolute atomic E-state index is 3.99. The van der Waals surface area contributed by atoms with E-state index < -0.39 is 0 Å². The first-order valence-corrected chi connectivity index (χ1v) is 4.99. The third-order valence-electron chi connectivity index (χ3n) is 2.41. The summed E-state index contributed by atoms with van der Waals surface area (Å²) in [6.07, 6.45) is 4.73. The molecule has 0 amide bonds. The van der Waals surface area contributed by atoms with Crippen molar-refractivity contribution in [1.29, 1.82) is 0 Å². The molecule has 0 bridgehead atoms. The molecule has 0 nitrogen and oxygen atoms in total. The second-order valence-corrected chi connectivity index (χ2v) is 4.54. The van der Waals surface area contributed by atoms with Crippen LogP contribution in [0.2, 0.25) is 0 Å². The van der Waals surface area contributed by atoms with Crippen molar-refractivity contribution in [3.63, 3.8) is 0 Å². The molecule has 0 radical (unpaired) electrons. The maximum Gasteiger partial charge on any atom is 0.0357 e. The Morgan fingerprint density at radius 2 is 2.36 bits per heavy atom. The molecule has 1 heteroatoms. The van der Waals surface area contributed by atoms with Gasteiger partial charge in [-0.25, -0.2) is 0 Å². The first-order chi connectivity index (χ1) is 5.11. The molecule has 0 heterocycles. The van der Waals surface area contributed by atoms with Gasteiger partial charge >= 0.3 is 0 Å². The summed E-state index contributed by atoms with van der Waals surface area (Å²) in [7, 11) is 0. The van der Waals surface area contributed by atoms with E-state index in [1.54, 1.807) is 0 Å². The second kappa shape index (κ2) is 3.57. The summed E-state index contributed by atoms with van der Waals surface area (Å²) in [6.45, 7) is 8.30. The van der Waals surface area contributed by atoms with Gasteiger partial charge in [0, 0.05) is 4.83 Å². The smallest absolute Gasteiger partial charge is 0.0357 e. The van der Waals surface area contributed by atoms with E-state index in [4.69, 9.17) is 0 Å². The minimum atomic E-state index is 0.581. The number of halogens is 1. The van der Waals surface area contributed by atoms with Crippen LogP contribution in [0, 0.1) is 5.92 Å². The van der Waals surface area contributed by atoms with Gasteiger partial charge in [-0.2, -0.15) is 0 Å². The predicted molar refractivity (Wildman–Crippen MR) is 54.0 cm³/mol. The molecule has 0 spiro atoms. The van der Waals surface area contributed by atoms with Gasteiger partial charge in [0.15, 0.2) is 0 Å². The summed E-state index contributed by atoms with van der Waals surface area (Å²) in [5.74, 6) is 0.697. The molecule has 0 aromatic carbocycles. The molecule has 1 aliphatic carbocycles. The molecule has 0 aromatic rings. The zero-order valence-corrected chi connectivity index (χ0v) is 8.82. The summed E-state index contributed by atoms with van der Waals surface area (Å²) in [5, 5.41) is 0. The summed E-state index contributed by atoms with van der Waals surface area (Å²) in [6, 6.07) is 0. The lowest BCUT2D eigenvalue weighted by atomic mass is 9.86. The van der Waals surface area contributed by atoms with Crippen LogP contribution in [0.3, 0.4) is 0 Å². The topological polar surface area (TPSA) is 0 Å². The molecule has 0 saturated heterocycles. The summed E-state index contributed by atoms with van der Waals surface area (Å²) in [5.41, 5.74) is 2.79. The highest BCUT2D eigenvalue weighted by molar-refractivity contribution is 9.09. The summed E-state index contributed by atoms with van der Waals surface area (Å²) < 4.78 is 0. The van der Waals surface area contributed by atoms with E-state index in [1.165, 1.54) is 24.0 Å². The van der Waals surface area contributed by atoms with Gasteiger partial charge in [0.2, 0.25) is 0 Å². The normalized spacial score (nSPS) is 31.4. The molecule has 0 saturated carbocycles. The number of allylic oxidation sites excluding steroid dienone is 3. The molecule has 0 aromatic heterocycles. The molecule has 62 valence electrons. The Hall–Kier alpha value is -0.0400. The van der Waals surface area contributed by atoms with Crippen molar-refractivity contribution in [3.05, 3.63) is 23.8 Å². The largest absolute Gasteiger partial charge is 0.0998 e. The monoisotopic (exact) mass is 214 g/mol. The molecule has 0 fully saturated rings. The fraction of sp³-hybridized carbons (Fsp3) is 0.600. The Labute approximate surface area is 77.5 Å². The van der Waals surface area contributed by atoms with Crippen LogP contribution in [-0.4, -0.2) is 4.83 Å². The Morgan fingerprint density at radius 1 is 1.73 bits per heavy atom. The van der Waals surface area contributed by atoms with Crippen LogP contribution in [0.1, 0.15) is 26.7 Å². The van der Waals surface area contributed by atoms with Crippen molar-refractivity contribution in [2.24, 2.45) is 5.92 Å². The molecular weight excluding hydrogens is 200 g/mol. The van der Waals surface area contributed by atoms with Crippen LogP contribution in [0.4, 0.5) is 0 Å². The summed E-state index contributed by atoms with van der Waals surface area (Å²) >= 11 is 3.65. The molecule has 2 atom stereocenters. The zero-order valence-electron chi connectivity index (χ0n) is 7.23. The van der Waals surface area contributed by atoms with E-state index >= 15 is 0 Å². The van der Waals surface area contributed by atoms with Crippen molar-refractivity contribution in [1.82, 2.24) is 0 Å².